The van der Waals surface area contributed by atoms with E-state index in [2.05, 4.69) is 43.5 Å². The van der Waals surface area contributed by atoms with Crippen LogP contribution in [0.4, 0.5) is 0 Å². The second-order valence-electron chi connectivity index (χ2n) is 4.37. The maximum Gasteiger partial charge on any atom is 0.194 e. The Morgan fingerprint density at radius 1 is 1.35 bits per heavy atom. The number of nitrogens with one attached hydrogen (secondary N) is 1. The normalized spacial score (nSPS) is 11.4. The van der Waals surface area contributed by atoms with Crippen LogP contribution in [0.2, 0.25) is 0 Å². The van der Waals surface area contributed by atoms with Crippen LogP contribution in [0.25, 0.3) is 0 Å². The molecule has 0 saturated heterocycles. The summed E-state index contributed by atoms with van der Waals surface area (Å²) in [6.45, 7) is 1.37. The van der Waals surface area contributed by atoms with E-state index in [1.165, 1.54) is 5.56 Å². The van der Waals surface area contributed by atoms with E-state index in [-0.39, 0.29) is 0 Å². The first kappa shape index (κ1) is 14.6. The molecule has 0 aliphatic rings. The Kier molecular flexibility index (Phi) is 5.17. The average Bonchev–Trinajstić information content (AvgIpc) is 2.94. The zero-order valence-electron chi connectivity index (χ0n) is 11.5. The van der Waals surface area contributed by atoms with Crippen LogP contribution in [0.15, 0.2) is 50.6 Å². The summed E-state index contributed by atoms with van der Waals surface area (Å²) in [6.07, 6.45) is 1.57. The predicted octanol–water partition coefficient (Wildman–Crippen LogP) is 2.64. The Bertz CT molecular complexity index is 551. The summed E-state index contributed by atoms with van der Waals surface area (Å²) in [6, 6.07) is 10.0. The van der Waals surface area contributed by atoms with Crippen molar-refractivity contribution < 1.29 is 4.52 Å². The summed E-state index contributed by atoms with van der Waals surface area (Å²) in [5, 5.41) is 7.22. The number of aromatic nitrogens is 1. The predicted molar refractivity (Wildman–Crippen MR) is 82.3 cm³/mol. The molecule has 1 N–H and O–H groups in total. The topological polar surface area (TPSA) is 53.7 Å². The Morgan fingerprint density at radius 2 is 2.10 bits per heavy atom. The van der Waals surface area contributed by atoms with Crippen LogP contribution in [0.5, 0.6) is 0 Å². The molecule has 1 heterocycles. The highest BCUT2D eigenvalue weighted by Gasteiger charge is 2.08. The standard InChI is InChI=1S/C14H17BrN4O/c1-16-14(19(2)10-13-7-8-20-18-13)17-9-11-3-5-12(15)6-4-11/h3-8H,9-10H2,1-2H3,(H,16,17). The molecule has 0 unspecified atom stereocenters. The van der Waals surface area contributed by atoms with Crippen molar-refractivity contribution in [1.29, 1.82) is 0 Å². The Labute approximate surface area is 126 Å². The summed E-state index contributed by atoms with van der Waals surface area (Å²) in [7, 11) is 3.73. The van der Waals surface area contributed by atoms with Crippen LogP contribution in [0.3, 0.4) is 0 Å². The van der Waals surface area contributed by atoms with Gasteiger partial charge in [-0.25, -0.2) is 0 Å². The molecule has 1 aromatic carbocycles. The molecule has 0 saturated carbocycles. The van der Waals surface area contributed by atoms with Crippen LogP contribution in [-0.4, -0.2) is 30.1 Å². The zero-order chi connectivity index (χ0) is 14.4. The van der Waals surface area contributed by atoms with E-state index in [4.69, 9.17) is 4.52 Å². The molecule has 0 spiro atoms. The minimum Gasteiger partial charge on any atom is -0.364 e. The van der Waals surface area contributed by atoms with Gasteiger partial charge in [-0.1, -0.05) is 33.2 Å². The van der Waals surface area contributed by atoms with Gasteiger partial charge in [-0.05, 0) is 17.7 Å². The molecule has 106 valence electrons. The van der Waals surface area contributed by atoms with E-state index in [1.54, 1.807) is 13.3 Å². The highest BCUT2D eigenvalue weighted by molar-refractivity contribution is 9.10. The summed E-state index contributed by atoms with van der Waals surface area (Å²) in [4.78, 5) is 6.26. The molecule has 0 aliphatic heterocycles. The van der Waals surface area contributed by atoms with Gasteiger partial charge in [0.1, 0.15) is 12.0 Å². The lowest BCUT2D eigenvalue weighted by Gasteiger charge is -2.21. The molecular weight excluding hydrogens is 320 g/mol. The lowest BCUT2D eigenvalue weighted by atomic mass is 10.2. The molecular formula is C14H17BrN4O. The van der Waals surface area contributed by atoms with Crippen LogP contribution < -0.4 is 5.32 Å². The number of hydrogen-bond acceptors (Lipinski definition) is 3. The third kappa shape index (κ3) is 4.09. The Hall–Kier alpha value is -1.82. The average molecular weight is 337 g/mol. The molecule has 0 amide bonds. The fourth-order valence-electron chi connectivity index (χ4n) is 1.81. The molecule has 0 fully saturated rings. The molecule has 20 heavy (non-hydrogen) atoms. The lowest BCUT2D eigenvalue weighted by molar-refractivity contribution is 0.391. The highest BCUT2D eigenvalue weighted by atomic mass is 79.9. The van der Waals surface area contributed by atoms with Gasteiger partial charge in [0.15, 0.2) is 5.96 Å². The number of nitrogens with zero attached hydrogens (tertiary/aromatic N) is 3. The quantitative estimate of drug-likeness (QED) is 0.688. The van der Waals surface area contributed by atoms with Crippen molar-refractivity contribution >= 4 is 21.9 Å². The minimum atomic E-state index is 0.649. The third-order valence-corrected chi connectivity index (χ3v) is 3.36. The number of aliphatic imine (C=N–C) groups is 1. The molecule has 1 aromatic heterocycles. The second kappa shape index (κ2) is 7.09. The lowest BCUT2D eigenvalue weighted by Crippen LogP contribution is -2.38. The smallest absolute Gasteiger partial charge is 0.194 e. The van der Waals surface area contributed by atoms with Gasteiger partial charge in [-0.15, -0.1) is 0 Å². The number of rotatable bonds is 4. The third-order valence-electron chi connectivity index (χ3n) is 2.83. The van der Waals surface area contributed by atoms with Gasteiger partial charge >= 0.3 is 0 Å². The van der Waals surface area contributed by atoms with E-state index in [0.717, 1.165) is 22.7 Å². The molecule has 5 nitrogen and oxygen atoms in total. The van der Waals surface area contributed by atoms with Crippen molar-refractivity contribution in [3.05, 3.63) is 52.3 Å². The van der Waals surface area contributed by atoms with E-state index in [1.807, 2.05) is 30.1 Å². The Morgan fingerprint density at radius 3 is 2.70 bits per heavy atom. The van der Waals surface area contributed by atoms with Crippen molar-refractivity contribution in [2.45, 2.75) is 13.1 Å². The molecule has 0 bridgehead atoms. The first-order valence-corrected chi connectivity index (χ1v) is 7.04. The fourth-order valence-corrected chi connectivity index (χ4v) is 2.07. The van der Waals surface area contributed by atoms with Crippen LogP contribution in [0, 0.1) is 0 Å². The van der Waals surface area contributed by atoms with E-state index < -0.39 is 0 Å². The summed E-state index contributed by atoms with van der Waals surface area (Å²) in [5.74, 6) is 0.816. The summed E-state index contributed by atoms with van der Waals surface area (Å²) >= 11 is 3.43. The van der Waals surface area contributed by atoms with Crippen LogP contribution in [-0.2, 0) is 13.1 Å². The van der Waals surface area contributed by atoms with Crippen molar-refractivity contribution in [2.24, 2.45) is 4.99 Å². The Balaban J connectivity index is 1.90. The molecule has 2 rings (SSSR count). The number of benzene rings is 1. The SMILES string of the molecule is CN=C(NCc1ccc(Br)cc1)N(C)Cc1ccon1. The largest absolute Gasteiger partial charge is 0.364 e. The number of halogens is 1. The first-order chi connectivity index (χ1) is 9.69. The fraction of sp³-hybridized carbons (Fsp3) is 0.286. The van der Waals surface area contributed by atoms with Crippen LogP contribution in [0.1, 0.15) is 11.3 Å². The molecule has 0 aliphatic carbocycles. The maximum atomic E-state index is 4.83. The van der Waals surface area contributed by atoms with Crippen molar-refractivity contribution in [2.75, 3.05) is 14.1 Å². The monoisotopic (exact) mass is 336 g/mol. The van der Waals surface area contributed by atoms with E-state index >= 15 is 0 Å². The maximum absolute atomic E-state index is 4.83. The van der Waals surface area contributed by atoms with Crippen molar-refractivity contribution in [3.8, 4) is 0 Å². The van der Waals surface area contributed by atoms with Gasteiger partial charge < -0.3 is 14.7 Å². The molecule has 0 atom stereocenters. The zero-order valence-corrected chi connectivity index (χ0v) is 13.1. The van der Waals surface area contributed by atoms with Crippen molar-refractivity contribution in [3.63, 3.8) is 0 Å². The second-order valence-corrected chi connectivity index (χ2v) is 5.29. The first-order valence-electron chi connectivity index (χ1n) is 6.24. The van der Waals surface area contributed by atoms with E-state index in [9.17, 15) is 0 Å². The molecule has 0 radical (unpaired) electrons. The minimum absolute atomic E-state index is 0.649. The van der Waals surface area contributed by atoms with Gasteiger partial charge in [0.2, 0.25) is 0 Å². The van der Waals surface area contributed by atoms with E-state index in [0.29, 0.717) is 6.54 Å². The van der Waals surface area contributed by atoms with Gasteiger partial charge in [0.25, 0.3) is 0 Å². The van der Waals surface area contributed by atoms with Gasteiger partial charge in [0.05, 0.1) is 6.54 Å². The number of guanidine groups is 1. The van der Waals surface area contributed by atoms with Gasteiger partial charge in [-0.2, -0.15) is 0 Å². The number of hydrogen-bond donors (Lipinski definition) is 1. The molecule has 2 aromatic rings. The summed E-state index contributed by atoms with van der Waals surface area (Å²) < 4.78 is 5.91. The van der Waals surface area contributed by atoms with Crippen LogP contribution >= 0.6 is 15.9 Å². The van der Waals surface area contributed by atoms with Gasteiger partial charge in [-0.3, -0.25) is 4.99 Å². The van der Waals surface area contributed by atoms with Crippen molar-refractivity contribution in [1.82, 2.24) is 15.4 Å². The summed E-state index contributed by atoms with van der Waals surface area (Å²) in [5.41, 5.74) is 2.07. The highest BCUT2D eigenvalue weighted by Crippen LogP contribution is 2.10. The molecule has 6 heteroatoms. The van der Waals surface area contributed by atoms with Gasteiger partial charge in [0, 0.05) is 31.2 Å².